The molecule has 2 aromatic rings. The van der Waals surface area contributed by atoms with E-state index in [1.165, 1.54) is 17.8 Å². The van der Waals surface area contributed by atoms with Gasteiger partial charge in [0.15, 0.2) is 0 Å². The molecular formula is C22H31N5O3S. The van der Waals surface area contributed by atoms with E-state index in [1.54, 1.807) is 6.33 Å². The number of amides is 1. The lowest BCUT2D eigenvalue weighted by atomic mass is 10.0. The molecule has 9 heteroatoms. The van der Waals surface area contributed by atoms with Gasteiger partial charge in [-0.25, -0.2) is 14.8 Å². The Kier molecular flexibility index (Phi) is 6.71. The quantitative estimate of drug-likeness (QED) is 0.655. The first kappa shape index (κ1) is 22.0. The molecule has 8 nitrogen and oxygen atoms in total. The third kappa shape index (κ3) is 4.52. The van der Waals surface area contributed by atoms with Crippen LogP contribution in [0.4, 0.5) is 5.82 Å². The number of aromatic nitrogens is 2. The van der Waals surface area contributed by atoms with E-state index in [-0.39, 0.29) is 11.9 Å². The molecular weight excluding hydrogens is 414 g/mol. The number of piperidine rings is 1. The first-order valence-electron chi connectivity index (χ1n) is 11.2. The van der Waals surface area contributed by atoms with Crippen LogP contribution in [0, 0.1) is 6.92 Å². The lowest BCUT2D eigenvalue weighted by Gasteiger charge is -2.38. The number of anilines is 1. The van der Waals surface area contributed by atoms with Gasteiger partial charge in [-0.1, -0.05) is 0 Å². The Hall–Kier alpha value is -2.26. The van der Waals surface area contributed by atoms with E-state index in [0.717, 1.165) is 67.2 Å². The summed E-state index contributed by atoms with van der Waals surface area (Å²) in [4.78, 5) is 42.0. The minimum Gasteiger partial charge on any atom is -0.462 e. The van der Waals surface area contributed by atoms with Gasteiger partial charge in [-0.15, -0.1) is 11.3 Å². The van der Waals surface area contributed by atoms with Crippen molar-refractivity contribution in [2.24, 2.45) is 0 Å². The SMILES string of the molecule is CCOC(=O)c1sc2ncnc(N3CCN(CC(=O)N4CCCCC4C)CC3)c2c1C. The molecule has 0 radical (unpaired) electrons. The summed E-state index contributed by atoms with van der Waals surface area (Å²) in [6.45, 7) is 10.8. The summed E-state index contributed by atoms with van der Waals surface area (Å²) in [5.41, 5.74) is 0.880. The molecule has 2 saturated heterocycles. The van der Waals surface area contributed by atoms with E-state index in [9.17, 15) is 9.59 Å². The van der Waals surface area contributed by atoms with E-state index >= 15 is 0 Å². The topological polar surface area (TPSA) is 78.9 Å². The van der Waals surface area contributed by atoms with Crippen LogP contribution in [0.15, 0.2) is 6.33 Å². The normalized spacial score (nSPS) is 20.3. The number of hydrogen-bond acceptors (Lipinski definition) is 8. The lowest BCUT2D eigenvalue weighted by Crippen LogP contribution is -2.52. The second-order valence-corrected chi connectivity index (χ2v) is 9.35. The van der Waals surface area contributed by atoms with Crippen molar-refractivity contribution in [1.29, 1.82) is 0 Å². The molecule has 0 N–H and O–H groups in total. The number of likely N-dealkylation sites (tertiary alicyclic amines) is 1. The minimum absolute atomic E-state index is 0.248. The van der Waals surface area contributed by atoms with Crippen LogP contribution in [0.5, 0.6) is 0 Å². The Morgan fingerprint density at radius 1 is 1.16 bits per heavy atom. The summed E-state index contributed by atoms with van der Waals surface area (Å²) in [7, 11) is 0. The average molecular weight is 446 g/mol. The summed E-state index contributed by atoms with van der Waals surface area (Å²) in [5.74, 6) is 0.812. The number of nitrogens with zero attached hydrogens (tertiary/aromatic N) is 5. The fourth-order valence-electron chi connectivity index (χ4n) is 4.55. The molecule has 1 amide bonds. The van der Waals surface area contributed by atoms with E-state index in [2.05, 4.69) is 31.6 Å². The molecule has 1 unspecified atom stereocenters. The maximum absolute atomic E-state index is 12.8. The smallest absolute Gasteiger partial charge is 0.348 e. The van der Waals surface area contributed by atoms with Crippen molar-refractivity contribution in [3.05, 3.63) is 16.8 Å². The molecule has 0 spiro atoms. The minimum atomic E-state index is -0.302. The number of esters is 1. The Morgan fingerprint density at radius 2 is 1.94 bits per heavy atom. The number of thiophene rings is 1. The molecule has 0 aromatic carbocycles. The highest BCUT2D eigenvalue weighted by Crippen LogP contribution is 2.35. The van der Waals surface area contributed by atoms with Crippen molar-refractivity contribution in [3.8, 4) is 0 Å². The van der Waals surface area contributed by atoms with Crippen molar-refractivity contribution in [2.45, 2.75) is 46.1 Å². The van der Waals surface area contributed by atoms with E-state index in [1.807, 2.05) is 13.8 Å². The van der Waals surface area contributed by atoms with E-state index in [4.69, 9.17) is 4.74 Å². The Morgan fingerprint density at radius 3 is 2.65 bits per heavy atom. The molecule has 31 heavy (non-hydrogen) atoms. The van der Waals surface area contributed by atoms with Crippen LogP contribution in [-0.2, 0) is 9.53 Å². The number of aryl methyl sites for hydroxylation is 1. The average Bonchev–Trinajstić information content (AvgIpc) is 3.12. The molecule has 168 valence electrons. The van der Waals surface area contributed by atoms with Crippen LogP contribution in [0.3, 0.4) is 0 Å². The largest absolute Gasteiger partial charge is 0.462 e. The molecule has 0 aliphatic carbocycles. The van der Waals surface area contributed by atoms with Crippen molar-refractivity contribution in [1.82, 2.24) is 19.8 Å². The lowest BCUT2D eigenvalue weighted by molar-refractivity contribution is -0.135. The van der Waals surface area contributed by atoms with Gasteiger partial charge in [-0.05, 0) is 45.6 Å². The number of rotatable bonds is 5. The molecule has 2 aromatic heterocycles. The zero-order valence-electron chi connectivity index (χ0n) is 18.6. The van der Waals surface area contributed by atoms with Gasteiger partial charge >= 0.3 is 5.97 Å². The molecule has 4 heterocycles. The second kappa shape index (κ2) is 9.48. The predicted molar refractivity (Wildman–Crippen MR) is 122 cm³/mol. The van der Waals surface area contributed by atoms with Crippen molar-refractivity contribution >= 4 is 39.2 Å². The van der Waals surface area contributed by atoms with Gasteiger partial charge in [-0.3, -0.25) is 9.69 Å². The zero-order chi connectivity index (χ0) is 22.0. The van der Waals surface area contributed by atoms with Gasteiger partial charge in [0, 0.05) is 38.8 Å². The highest BCUT2D eigenvalue weighted by molar-refractivity contribution is 7.20. The number of fused-ring (bicyclic) bond motifs is 1. The third-order valence-corrected chi connectivity index (χ3v) is 7.50. The monoisotopic (exact) mass is 445 g/mol. The van der Waals surface area contributed by atoms with Crippen LogP contribution >= 0.6 is 11.3 Å². The molecule has 4 rings (SSSR count). The van der Waals surface area contributed by atoms with Gasteiger partial charge in [-0.2, -0.15) is 0 Å². The van der Waals surface area contributed by atoms with Crippen LogP contribution in [0.1, 0.15) is 48.3 Å². The first-order valence-corrected chi connectivity index (χ1v) is 12.0. The molecule has 2 aliphatic rings. The summed E-state index contributed by atoms with van der Waals surface area (Å²) in [5, 5.41) is 0.933. The Balaban J connectivity index is 1.44. The van der Waals surface area contributed by atoms with Gasteiger partial charge in [0.25, 0.3) is 0 Å². The van der Waals surface area contributed by atoms with Crippen LogP contribution in [0.2, 0.25) is 0 Å². The first-order chi connectivity index (χ1) is 15.0. The van der Waals surface area contributed by atoms with Gasteiger partial charge in [0.05, 0.1) is 18.5 Å². The van der Waals surface area contributed by atoms with Crippen molar-refractivity contribution in [3.63, 3.8) is 0 Å². The summed E-state index contributed by atoms with van der Waals surface area (Å²) < 4.78 is 5.20. The van der Waals surface area contributed by atoms with Crippen LogP contribution in [0.25, 0.3) is 10.2 Å². The highest BCUT2D eigenvalue weighted by atomic mass is 32.1. The van der Waals surface area contributed by atoms with Gasteiger partial charge in [0.2, 0.25) is 5.91 Å². The van der Waals surface area contributed by atoms with Crippen molar-refractivity contribution in [2.75, 3.05) is 50.8 Å². The number of hydrogen-bond donors (Lipinski definition) is 0. The molecule has 2 aliphatic heterocycles. The fourth-order valence-corrected chi connectivity index (χ4v) is 5.59. The van der Waals surface area contributed by atoms with E-state index < -0.39 is 0 Å². The third-order valence-electron chi connectivity index (χ3n) is 6.32. The van der Waals surface area contributed by atoms with Crippen LogP contribution in [-0.4, -0.2) is 83.6 Å². The fraction of sp³-hybridized carbons (Fsp3) is 0.636. The molecule has 2 fully saturated rings. The maximum Gasteiger partial charge on any atom is 0.348 e. The summed E-state index contributed by atoms with van der Waals surface area (Å²) in [6, 6.07) is 0.354. The molecule has 0 bridgehead atoms. The van der Waals surface area contributed by atoms with Gasteiger partial charge < -0.3 is 14.5 Å². The standard InChI is InChI=1S/C22H31N5O3S/c1-4-30-22(29)19-16(3)18-20(23-14-24-21(18)31-19)26-11-9-25(10-12-26)13-17(28)27-8-6-5-7-15(27)2/h14-15H,4-13H2,1-3H3. The number of ether oxygens (including phenoxy) is 1. The number of carbonyl (C=O) groups excluding carboxylic acids is 2. The maximum atomic E-state index is 12.8. The summed E-state index contributed by atoms with van der Waals surface area (Å²) in [6.07, 6.45) is 5.01. The van der Waals surface area contributed by atoms with Gasteiger partial charge in [0.1, 0.15) is 21.9 Å². The molecule has 1 atom stereocenters. The van der Waals surface area contributed by atoms with Crippen LogP contribution < -0.4 is 4.90 Å². The molecule has 0 saturated carbocycles. The number of piperazine rings is 1. The Labute approximate surface area is 187 Å². The second-order valence-electron chi connectivity index (χ2n) is 8.35. The number of carbonyl (C=O) groups is 2. The zero-order valence-corrected chi connectivity index (χ0v) is 19.4. The highest BCUT2D eigenvalue weighted by Gasteiger charge is 2.28. The predicted octanol–water partition coefficient (Wildman–Crippen LogP) is 2.70. The summed E-state index contributed by atoms with van der Waals surface area (Å²) >= 11 is 1.36. The van der Waals surface area contributed by atoms with Crippen molar-refractivity contribution < 1.29 is 14.3 Å². The Bertz CT molecular complexity index is 954. The van der Waals surface area contributed by atoms with E-state index in [0.29, 0.717) is 24.1 Å².